The number of rotatable bonds is 5. The number of thiophene rings is 1. The highest BCUT2D eigenvalue weighted by Gasteiger charge is 2.29. The molecule has 0 radical (unpaired) electrons. The van der Waals surface area contributed by atoms with Crippen molar-refractivity contribution in [3.05, 3.63) is 69.7 Å². The molecule has 0 bridgehead atoms. The van der Waals surface area contributed by atoms with Gasteiger partial charge in [0.1, 0.15) is 0 Å². The van der Waals surface area contributed by atoms with Crippen LogP contribution in [-0.2, 0) is 12.6 Å². The van der Waals surface area contributed by atoms with Crippen molar-refractivity contribution in [2.45, 2.75) is 26.4 Å². The number of hydrogen-bond acceptors (Lipinski definition) is 5. The Labute approximate surface area is 193 Å². The molecule has 3 rings (SSSR count). The summed E-state index contributed by atoms with van der Waals surface area (Å²) < 4.78 is 38.2. The largest absolute Gasteiger partial charge is 0.416 e. The number of alkyl halides is 3. The number of guanidine groups is 1. The van der Waals surface area contributed by atoms with Crippen molar-refractivity contribution in [1.82, 2.24) is 15.3 Å². The quantitative estimate of drug-likeness (QED) is 0.267. The van der Waals surface area contributed by atoms with E-state index in [1.807, 2.05) is 37.4 Å². The molecule has 2 heterocycles. The molecule has 0 fully saturated rings. The van der Waals surface area contributed by atoms with Crippen molar-refractivity contribution in [2.75, 3.05) is 17.2 Å². The predicted molar refractivity (Wildman–Crippen MR) is 126 cm³/mol. The number of thiocarbonyl (C=S) groups is 1. The molecule has 0 aliphatic rings. The van der Waals surface area contributed by atoms with Gasteiger partial charge in [0, 0.05) is 34.9 Å². The molecule has 0 unspecified atom stereocenters. The van der Waals surface area contributed by atoms with Crippen molar-refractivity contribution < 1.29 is 13.2 Å². The summed E-state index contributed by atoms with van der Waals surface area (Å²) in [5.74, 6) is 0.693. The van der Waals surface area contributed by atoms with Gasteiger partial charge in [-0.3, -0.25) is 10.3 Å². The van der Waals surface area contributed by atoms with Crippen LogP contribution < -0.4 is 16.0 Å². The Kier molecular flexibility index (Phi) is 7.75. The Hall–Kier alpha value is -3.05. The highest BCUT2D eigenvalue weighted by molar-refractivity contribution is 7.80. The fourth-order valence-corrected chi connectivity index (χ4v) is 3.66. The van der Waals surface area contributed by atoms with E-state index in [0.29, 0.717) is 24.1 Å². The van der Waals surface area contributed by atoms with Gasteiger partial charge in [-0.25, -0.2) is 9.97 Å². The van der Waals surface area contributed by atoms with Gasteiger partial charge in [-0.15, -0.1) is 11.3 Å². The van der Waals surface area contributed by atoms with Gasteiger partial charge in [0.15, 0.2) is 5.11 Å². The first-order chi connectivity index (χ1) is 15.2. The second-order valence-electron chi connectivity index (χ2n) is 6.81. The molecule has 3 aromatic rings. The van der Waals surface area contributed by atoms with Crippen LogP contribution in [0, 0.1) is 13.8 Å². The Morgan fingerprint density at radius 3 is 2.34 bits per heavy atom. The smallest absolute Gasteiger partial charge is 0.332 e. The summed E-state index contributed by atoms with van der Waals surface area (Å²) in [4.78, 5) is 14.4. The van der Waals surface area contributed by atoms with Gasteiger partial charge in [0.05, 0.1) is 5.56 Å². The number of benzene rings is 1. The fourth-order valence-electron chi connectivity index (χ4n) is 2.74. The molecule has 0 amide bonds. The first kappa shape index (κ1) is 23.6. The van der Waals surface area contributed by atoms with E-state index < -0.39 is 11.7 Å². The van der Waals surface area contributed by atoms with E-state index >= 15 is 0 Å². The van der Waals surface area contributed by atoms with Crippen LogP contribution in [0.5, 0.6) is 0 Å². The number of nitrogens with zero attached hydrogens (tertiary/aromatic N) is 3. The molecule has 0 aliphatic carbocycles. The number of aliphatic imine (C=N–C) groups is 1. The summed E-state index contributed by atoms with van der Waals surface area (Å²) in [6.07, 6.45) is -3.65. The number of halogens is 3. The first-order valence-corrected chi connectivity index (χ1v) is 10.9. The molecular formula is C21H21F3N6S2. The van der Waals surface area contributed by atoms with Gasteiger partial charge in [0.25, 0.3) is 0 Å². The van der Waals surface area contributed by atoms with Crippen molar-refractivity contribution in [2.24, 2.45) is 4.99 Å². The van der Waals surface area contributed by atoms with Crippen molar-refractivity contribution in [3.63, 3.8) is 0 Å². The lowest BCUT2D eigenvalue weighted by Gasteiger charge is -2.15. The van der Waals surface area contributed by atoms with E-state index in [9.17, 15) is 13.2 Å². The van der Waals surface area contributed by atoms with E-state index in [1.165, 1.54) is 17.0 Å². The normalized spacial score (nSPS) is 11.8. The molecule has 0 spiro atoms. The minimum atomic E-state index is -4.39. The number of nitrogens with one attached hydrogen (secondary N) is 3. The first-order valence-electron chi connectivity index (χ1n) is 9.60. The van der Waals surface area contributed by atoms with Gasteiger partial charge >= 0.3 is 6.18 Å². The molecule has 0 aliphatic heterocycles. The van der Waals surface area contributed by atoms with Gasteiger partial charge < -0.3 is 10.6 Å². The van der Waals surface area contributed by atoms with E-state index in [0.717, 1.165) is 29.9 Å². The van der Waals surface area contributed by atoms with E-state index in [1.54, 1.807) is 11.3 Å². The molecule has 0 atom stereocenters. The minimum Gasteiger partial charge on any atom is -0.332 e. The Morgan fingerprint density at radius 1 is 1.06 bits per heavy atom. The zero-order chi connectivity index (χ0) is 23.1. The molecule has 2 aromatic heterocycles. The van der Waals surface area contributed by atoms with E-state index in [4.69, 9.17) is 12.2 Å². The number of hydrogen-bond donors (Lipinski definition) is 3. The van der Waals surface area contributed by atoms with E-state index in [-0.39, 0.29) is 5.11 Å². The Balaban J connectivity index is 1.69. The number of aromatic nitrogens is 2. The number of aryl methyl sites for hydroxylation is 2. The lowest BCUT2D eigenvalue weighted by atomic mass is 10.2. The molecule has 32 heavy (non-hydrogen) atoms. The average molecular weight is 479 g/mol. The second kappa shape index (κ2) is 10.5. The standard InChI is InChI=1S/C21H21F3N6S2/c1-13-12-14(2)27-19(26-13)29-18(25-10-9-17-4-3-11-32-17)30-20(31)28-16-7-5-15(6-8-16)21(22,23)24/h3-8,11-12H,9-10H2,1-2H3,(H3,25,26,27,28,29,30,31). The predicted octanol–water partition coefficient (Wildman–Crippen LogP) is 5.17. The van der Waals surface area contributed by atoms with Crippen LogP contribution in [-0.4, -0.2) is 27.6 Å². The van der Waals surface area contributed by atoms with Gasteiger partial charge in [-0.05, 0) is 67.8 Å². The molecule has 3 N–H and O–H groups in total. The van der Waals surface area contributed by atoms with Gasteiger partial charge in [0.2, 0.25) is 11.9 Å². The topological polar surface area (TPSA) is 74.2 Å². The van der Waals surface area contributed by atoms with Crippen molar-refractivity contribution in [3.8, 4) is 0 Å². The second-order valence-corrected chi connectivity index (χ2v) is 8.25. The summed E-state index contributed by atoms with van der Waals surface area (Å²) in [6, 6.07) is 10.5. The van der Waals surface area contributed by atoms with Crippen LogP contribution in [0.1, 0.15) is 21.8 Å². The summed E-state index contributed by atoms with van der Waals surface area (Å²) in [5.41, 5.74) is 1.27. The Bertz CT molecular complexity index is 1060. The average Bonchev–Trinajstić information content (AvgIpc) is 3.20. The van der Waals surface area contributed by atoms with Gasteiger partial charge in [-0.2, -0.15) is 13.2 Å². The molecule has 11 heteroatoms. The van der Waals surface area contributed by atoms with Crippen molar-refractivity contribution in [1.29, 1.82) is 0 Å². The molecule has 1 aromatic carbocycles. The summed E-state index contributed by atoms with van der Waals surface area (Å²) >= 11 is 6.96. The van der Waals surface area contributed by atoms with Crippen LogP contribution in [0.25, 0.3) is 0 Å². The maximum absolute atomic E-state index is 12.7. The zero-order valence-corrected chi connectivity index (χ0v) is 19.0. The highest BCUT2D eigenvalue weighted by atomic mass is 32.1. The molecule has 6 nitrogen and oxygen atoms in total. The maximum Gasteiger partial charge on any atom is 0.416 e. The van der Waals surface area contributed by atoms with Crippen molar-refractivity contribution >= 4 is 46.3 Å². The highest BCUT2D eigenvalue weighted by Crippen LogP contribution is 2.29. The molecular weight excluding hydrogens is 457 g/mol. The third-order valence-corrected chi connectivity index (χ3v) is 5.26. The zero-order valence-electron chi connectivity index (χ0n) is 17.3. The lowest BCUT2D eigenvalue weighted by molar-refractivity contribution is -0.137. The van der Waals surface area contributed by atoms with Crippen LogP contribution >= 0.6 is 23.6 Å². The summed E-state index contributed by atoms with van der Waals surface area (Å²) in [5, 5.41) is 11.0. The van der Waals surface area contributed by atoms with Crippen LogP contribution in [0.4, 0.5) is 24.8 Å². The summed E-state index contributed by atoms with van der Waals surface area (Å²) in [6.45, 7) is 4.21. The summed E-state index contributed by atoms with van der Waals surface area (Å²) in [7, 11) is 0. The molecule has 168 valence electrons. The monoisotopic (exact) mass is 478 g/mol. The third-order valence-electron chi connectivity index (χ3n) is 4.12. The molecule has 0 saturated heterocycles. The van der Waals surface area contributed by atoms with Crippen LogP contribution in [0.15, 0.2) is 52.8 Å². The lowest BCUT2D eigenvalue weighted by Crippen LogP contribution is -2.39. The van der Waals surface area contributed by atoms with E-state index in [2.05, 4.69) is 30.9 Å². The fraction of sp³-hybridized carbons (Fsp3) is 0.238. The minimum absolute atomic E-state index is 0.163. The van der Waals surface area contributed by atoms with Crippen LogP contribution in [0.2, 0.25) is 0 Å². The SMILES string of the molecule is Cc1cc(C)nc(NC(=NCCc2cccs2)NC(=S)Nc2ccc(C(F)(F)F)cc2)n1. The Morgan fingerprint density at radius 2 is 1.75 bits per heavy atom. The third kappa shape index (κ3) is 7.27. The van der Waals surface area contributed by atoms with Gasteiger partial charge in [-0.1, -0.05) is 6.07 Å². The molecule has 0 saturated carbocycles. The van der Waals surface area contributed by atoms with Crippen LogP contribution in [0.3, 0.4) is 0 Å². The maximum atomic E-state index is 12.7. The number of anilines is 2.